The van der Waals surface area contributed by atoms with Crippen LogP contribution in [0.25, 0.3) is 0 Å². The highest BCUT2D eigenvalue weighted by Crippen LogP contribution is 2.27. The maximum absolute atomic E-state index is 12.9. The molecule has 0 aromatic heterocycles. The Kier molecular flexibility index (Phi) is 7.31. The van der Waals surface area contributed by atoms with Crippen molar-refractivity contribution in [2.45, 2.75) is 4.90 Å². The van der Waals surface area contributed by atoms with Crippen LogP contribution < -0.4 is 5.32 Å². The summed E-state index contributed by atoms with van der Waals surface area (Å²) in [6, 6.07) is 7.12. The van der Waals surface area contributed by atoms with Gasteiger partial charge in [0.1, 0.15) is 5.75 Å². The summed E-state index contributed by atoms with van der Waals surface area (Å²) in [5.74, 6) is -2.87. The molecule has 1 fully saturated rings. The molecule has 2 aromatic carbocycles. The Hall–Kier alpha value is -3.48. The number of phenolic OH excluding ortho intramolecular Hbond substituents is 1. The number of hydrogen-bond donors (Lipinski definition) is 2. The first-order valence-corrected chi connectivity index (χ1v) is 11.2. The number of aromatic hydroxyl groups is 1. The molecule has 0 bridgehead atoms. The lowest BCUT2D eigenvalue weighted by atomic mass is 10.1. The Labute approximate surface area is 189 Å². The van der Waals surface area contributed by atoms with Crippen molar-refractivity contribution >= 4 is 33.6 Å². The van der Waals surface area contributed by atoms with E-state index in [2.05, 4.69) is 10.1 Å². The van der Waals surface area contributed by atoms with Gasteiger partial charge in [-0.1, -0.05) is 0 Å². The lowest BCUT2D eigenvalue weighted by Crippen LogP contribution is -2.40. The van der Waals surface area contributed by atoms with Crippen molar-refractivity contribution in [3.05, 3.63) is 53.1 Å². The lowest BCUT2D eigenvalue weighted by molar-refractivity contribution is 0.0587. The van der Waals surface area contributed by atoms with Gasteiger partial charge in [-0.15, -0.1) is 0 Å². The van der Waals surface area contributed by atoms with Gasteiger partial charge < -0.3 is 24.6 Å². The molecule has 33 heavy (non-hydrogen) atoms. The number of hydrogen-bond acceptors (Lipinski definition) is 9. The number of nitrogens with one attached hydrogen (secondary N) is 1. The molecule has 1 aliphatic heterocycles. The van der Waals surface area contributed by atoms with E-state index in [0.29, 0.717) is 0 Å². The number of esters is 2. The quantitative estimate of drug-likeness (QED) is 0.585. The molecule has 0 radical (unpaired) electrons. The first-order valence-electron chi connectivity index (χ1n) is 9.72. The molecule has 1 aliphatic rings. The van der Waals surface area contributed by atoms with Crippen LogP contribution in [-0.2, 0) is 24.2 Å². The zero-order valence-electron chi connectivity index (χ0n) is 17.9. The predicted molar refractivity (Wildman–Crippen MR) is 115 cm³/mol. The molecule has 0 aliphatic carbocycles. The van der Waals surface area contributed by atoms with Gasteiger partial charge in [0.2, 0.25) is 10.0 Å². The zero-order valence-corrected chi connectivity index (χ0v) is 18.7. The molecule has 1 amide bonds. The second-order valence-electron chi connectivity index (χ2n) is 6.89. The van der Waals surface area contributed by atoms with E-state index in [1.165, 1.54) is 35.7 Å². The molecule has 3 rings (SSSR count). The third-order valence-corrected chi connectivity index (χ3v) is 6.81. The van der Waals surface area contributed by atoms with Gasteiger partial charge in [0.05, 0.1) is 54.7 Å². The molecule has 0 spiro atoms. The van der Waals surface area contributed by atoms with Crippen LogP contribution in [-0.4, -0.2) is 76.2 Å². The van der Waals surface area contributed by atoms with E-state index in [-0.39, 0.29) is 53.6 Å². The van der Waals surface area contributed by atoms with E-state index in [4.69, 9.17) is 9.47 Å². The number of morpholine rings is 1. The summed E-state index contributed by atoms with van der Waals surface area (Å²) in [5, 5.41) is 12.6. The van der Waals surface area contributed by atoms with Crippen molar-refractivity contribution < 1.29 is 42.1 Å². The van der Waals surface area contributed by atoms with E-state index in [9.17, 15) is 27.9 Å². The number of anilines is 1. The van der Waals surface area contributed by atoms with Crippen molar-refractivity contribution in [2.75, 3.05) is 45.8 Å². The SMILES string of the molecule is COC(=O)c1ccc(C(=O)OC)c(NC(=O)c2cc(S(=O)(=O)N3CCOCC3)ccc2O)c1. The van der Waals surface area contributed by atoms with Crippen molar-refractivity contribution in [1.82, 2.24) is 4.31 Å². The summed E-state index contributed by atoms with van der Waals surface area (Å²) in [6.07, 6.45) is 0. The topological polar surface area (TPSA) is 149 Å². The van der Waals surface area contributed by atoms with E-state index in [1.54, 1.807) is 0 Å². The predicted octanol–water partition coefficient (Wildman–Crippen LogP) is 1.24. The number of carbonyl (C=O) groups excluding carboxylic acids is 3. The van der Waals surface area contributed by atoms with Crippen LogP contribution >= 0.6 is 0 Å². The largest absolute Gasteiger partial charge is 0.507 e. The molecule has 2 N–H and O–H groups in total. The number of amides is 1. The molecule has 2 aromatic rings. The van der Waals surface area contributed by atoms with Crippen molar-refractivity contribution in [1.29, 1.82) is 0 Å². The highest BCUT2D eigenvalue weighted by Gasteiger charge is 2.28. The fraction of sp³-hybridized carbons (Fsp3) is 0.286. The molecule has 11 nitrogen and oxygen atoms in total. The highest BCUT2D eigenvalue weighted by atomic mass is 32.2. The van der Waals surface area contributed by atoms with Crippen molar-refractivity contribution in [2.24, 2.45) is 0 Å². The summed E-state index contributed by atoms with van der Waals surface area (Å²) >= 11 is 0. The van der Waals surface area contributed by atoms with Gasteiger partial charge in [0.25, 0.3) is 5.91 Å². The third kappa shape index (κ3) is 5.13. The standard InChI is InChI=1S/C21H22N2O9S/c1-30-20(26)13-3-5-15(21(27)31-2)17(11-13)22-19(25)16-12-14(4-6-18(16)24)33(28,29)23-7-9-32-10-8-23/h3-6,11-12,24H,7-10H2,1-2H3,(H,22,25). The molecular formula is C21H22N2O9S. The van der Waals surface area contributed by atoms with Crippen molar-refractivity contribution in [3.8, 4) is 5.75 Å². The molecule has 1 saturated heterocycles. The Morgan fingerprint density at radius 1 is 0.970 bits per heavy atom. The van der Waals surface area contributed by atoms with Crippen LogP contribution in [0, 0.1) is 0 Å². The average Bonchev–Trinajstić information content (AvgIpc) is 2.83. The van der Waals surface area contributed by atoms with Crippen LogP contribution in [0.3, 0.4) is 0 Å². The van der Waals surface area contributed by atoms with Gasteiger partial charge in [0, 0.05) is 13.1 Å². The van der Waals surface area contributed by atoms with Gasteiger partial charge in [0.15, 0.2) is 0 Å². The summed E-state index contributed by atoms with van der Waals surface area (Å²) in [5.41, 5.74) is -0.442. The van der Waals surface area contributed by atoms with E-state index in [1.807, 2.05) is 0 Å². The number of ether oxygens (including phenoxy) is 3. The van der Waals surface area contributed by atoms with Crippen LogP contribution in [0.1, 0.15) is 31.1 Å². The zero-order chi connectivity index (χ0) is 24.2. The molecule has 0 unspecified atom stereocenters. The number of nitrogens with zero attached hydrogens (tertiary/aromatic N) is 1. The molecule has 1 heterocycles. The normalized spacial score (nSPS) is 14.4. The minimum Gasteiger partial charge on any atom is -0.507 e. The molecule has 0 atom stereocenters. The number of rotatable bonds is 6. The van der Waals surface area contributed by atoms with Crippen LogP contribution in [0.15, 0.2) is 41.3 Å². The first-order chi connectivity index (χ1) is 15.7. The summed E-state index contributed by atoms with van der Waals surface area (Å²) in [6.45, 7) is 0.816. The summed E-state index contributed by atoms with van der Waals surface area (Å²) < 4.78 is 41.6. The van der Waals surface area contributed by atoms with Crippen molar-refractivity contribution in [3.63, 3.8) is 0 Å². The Balaban J connectivity index is 1.97. The van der Waals surface area contributed by atoms with Gasteiger partial charge in [-0.05, 0) is 36.4 Å². The number of carbonyl (C=O) groups is 3. The number of phenols is 1. The number of sulfonamides is 1. The van der Waals surface area contributed by atoms with E-state index < -0.39 is 33.6 Å². The van der Waals surface area contributed by atoms with Gasteiger partial charge >= 0.3 is 11.9 Å². The Morgan fingerprint density at radius 2 is 1.64 bits per heavy atom. The molecule has 0 saturated carbocycles. The maximum Gasteiger partial charge on any atom is 0.339 e. The van der Waals surface area contributed by atoms with Crippen LogP contribution in [0.2, 0.25) is 0 Å². The molecule has 12 heteroatoms. The monoisotopic (exact) mass is 478 g/mol. The minimum absolute atomic E-state index is 0.0494. The fourth-order valence-corrected chi connectivity index (χ4v) is 4.60. The maximum atomic E-state index is 12.9. The summed E-state index contributed by atoms with van der Waals surface area (Å²) in [4.78, 5) is 36.7. The van der Waals surface area contributed by atoms with Crippen LogP contribution in [0.5, 0.6) is 5.75 Å². The Morgan fingerprint density at radius 3 is 2.27 bits per heavy atom. The lowest BCUT2D eigenvalue weighted by Gasteiger charge is -2.26. The molecular weight excluding hydrogens is 456 g/mol. The van der Waals surface area contributed by atoms with Gasteiger partial charge in [-0.2, -0.15) is 4.31 Å². The van der Waals surface area contributed by atoms with E-state index >= 15 is 0 Å². The fourth-order valence-electron chi connectivity index (χ4n) is 3.16. The second-order valence-corrected chi connectivity index (χ2v) is 8.83. The first kappa shape index (κ1) is 24.2. The number of benzene rings is 2. The minimum atomic E-state index is -3.93. The molecule has 176 valence electrons. The summed E-state index contributed by atoms with van der Waals surface area (Å²) in [7, 11) is -1.61. The van der Waals surface area contributed by atoms with Gasteiger partial charge in [-0.3, -0.25) is 4.79 Å². The average molecular weight is 478 g/mol. The van der Waals surface area contributed by atoms with Gasteiger partial charge in [-0.25, -0.2) is 18.0 Å². The number of methoxy groups -OCH3 is 2. The Bertz CT molecular complexity index is 1190. The van der Waals surface area contributed by atoms with E-state index in [0.717, 1.165) is 19.2 Å². The third-order valence-electron chi connectivity index (χ3n) is 4.91. The highest BCUT2D eigenvalue weighted by molar-refractivity contribution is 7.89. The van der Waals surface area contributed by atoms with Crippen LogP contribution in [0.4, 0.5) is 5.69 Å². The second kappa shape index (κ2) is 9.98. The smallest absolute Gasteiger partial charge is 0.339 e.